The fraction of sp³-hybridized carbons (Fsp3) is 0. The molecule has 0 atom stereocenters. The maximum absolute atomic E-state index is 2.50. The minimum Gasteiger partial charge on any atom is -0.309 e. The Morgan fingerprint density at radius 2 is 0.790 bits per heavy atom. The number of nitrogens with zero attached hydrogens (tertiary/aromatic N) is 2. The van der Waals surface area contributed by atoms with Crippen LogP contribution in [-0.2, 0) is 0 Å². The van der Waals surface area contributed by atoms with Gasteiger partial charge in [-0.15, -0.1) is 0 Å². The Morgan fingerprint density at radius 1 is 0.258 bits per heavy atom. The maximum Gasteiger partial charge on any atom is 0.0619 e. The lowest BCUT2D eigenvalue weighted by Crippen LogP contribution is -1.97. The smallest absolute Gasteiger partial charge is 0.0619 e. The highest BCUT2D eigenvalue weighted by atomic mass is 15.0. The number of hydrogen-bond acceptors (Lipinski definition) is 0. The summed E-state index contributed by atoms with van der Waals surface area (Å²) in [6, 6.07) is 81.0. The van der Waals surface area contributed by atoms with Crippen molar-refractivity contribution in [3.05, 3.63) is 218 Å². The zero-order valence-corrected chi connectivity index (χ0v) is 33.7. The van der Waals surface area contributed by atoms with Crippen LogP contribution in [0.5, 0.6) is 0 Å². The highest BCUT2D eigenvalue weighted by Crippen LogP contribution is 2.50. The molecule has 2 nitrogen and oxygen atoms in total. The summed E-state index contributed by atoms with van der Waals surface area (Å²) in [7, 11) is 0. The van der Waals surface area contributed by atoms with E-state index in [9.17, 15) is 0 Å². The van der Waals surface area contributed by atoms with Gasteiger partial charge in [-0.1, -0.05) is 182 Å². The van der Waals surface area contributed by atoms with E-state index in [0.29, 0.717) is 0 Å². The fourth-order valence-electron chi connectivity index (χ4n) is 11.0. The summed E-state index contributed by atoms with van der Waals surface area (Å²) in [6.45, 7) is 0. The summed E-state index contributed by atoms with van der Waals surface area (Å²) in [5, 5.41) is 12.6. The van der Waals surface area contributed by atoms with Gasteiger partial charge in [-0.25, -0.2) is 0 Å². The van der Waals surface area contributed by atoms with Crippen LogP contribution >= 0.6 is 0 Å². The summed E-state index contributed by atoms with van der Waals surface area (Å²) < 4.78 is 4.95. The fourth-order valence-corrected chi connectivity index (χ4v) is 11.0. The zero-order valence-electron chi connectivity index (χ0n) is 33.7. The van der Waals surface area contributed by atoms with Crippen LogP contribution in [0, 0.1) is 0 Å². The van der Waals surface area contributed by atoms with E-state index in [-0.39, 0.29) is 0 Å². The number of rotatable bonds is 4. The molecule has 0 aliphatic heterocycles. The quantitative estimate of drug-likeness (QED) is 0.168. The summed E-state index contributed by atoms with van der Waals surface area (Å²) in [5.74, 6) is 0. The zero-order chi connectivity index (χ0) is 40.5. The predicted octanol–water partition coefficient (Wildman–Crippen LogP) is 16.3. The Labute approximate surface area is 357 Å². The number of benzene rings is 11. The van der Waals surface area contributed by atoms with E-state index >= 15 is 0 Å². The van der Waals surface area contributed by atoms with E-state index in [2.05, 4.69) is 228 Å². The van der Waals surface area contributed by atoms with Crippen LogP contribution in [0.4, 0.5) is 0 Å². The van der Waals surface area contributed by atoms with Gasteiger partial charge in [0, 0.05) is 38.0 Å². The first kappa shape index (κ1) is 33.6. The van der Waals surface area contributed by atoms with E-state index in [1.54, 1.807) is 0 Å². The monoisotopic (exact) mass is 784 g/mol. The summed E-state index contributed by atoms with van der Waals surface area (Å²) >= 11 is 0. The largest absolute Gasteiger partial charge is 0.309 e. The Kier molecular flexibility index (Phi) is 6.86. The second-order valence-electron chi connectivity index (χ2n) is 16.8. The van der Waals surface area contributed by atoms with Crippen LogP contribution < -0.4 is 0 Å². The molecule has 62 heavy (non-hydrogen) atoms. The van der Waals surface area contributed by atoms with Crippen molar-refractivity contribution in [3.8, 4) is 55.9 Å². The standard InChI is InChI=1S/C60H36N2/c1-2-14-40(15-3-1)61-57-35-38(27-29-50(57)54-30-25-37-13-4-5-16-41(37)60(54)61)39-26-28-49-48-21-10-11-24-55(48)62(58(49)36-39)56-34-33-45(42-17-8-9-20-47(42)56)46-31-32-53-44-19-7-6-18-43(44)51-22-12-23-52(46)59(51)53/h1-36H. The van der Waals surface area contributed by atoms with Crippen molar-refractivity contribution in [2.75, 3.05) is 0 Å². The van der Waals surface area contributed by atoms with Gasteiger partial charge in [0.05, 0.1) is 27.8 Å². The van der Waals surface area contributed by atoms with Gasteiger partial charge in [0.25, 0.3) is 0 Å². The van der Waals surface area contributed by atoms with E-state index in [4.69, 9.17) is 0 Å². The van der Waals surface area contributed by atoms with Crippen molar-refractivity contribution in [2.24, 2.45) is 0 Å². The molecule has 0 N–H and O–H groups in total. The molecule has 11 aromatic carbocycles. The molecule has 0 unspecified atom stereocenters. The number of hydrogen-bond donors (Lipinski definition) is 0. The molecule has 13 aromatic rings. The molecule has 0 fully saturated rings. The first-order chi connectivity index (χ1) is 30.8. The average Bonchev–Trinajstić information content (AvgIpc) is 3.98. The lowest BCUT2D eigenvalue weighted by molar-refractivity contribution is 1.19. The molecule has 0 bridgehead atoms. The number of aromatic nitrogens is 2. The molecule has 1 aliphatic carbocycles. The molecule has 286 valence electrons. The van der Waals surface area contributed by atoms with Gasteiger partial charge < -0.3 is 9.13 Å². The van der Waals surface area contributed by atoms with Gasteiger partial charge in [0.15, 0.2) is 0 Å². The second-order valence-corrected chi connectivity index (χ2v) is 16.8. The molecule has 1 aliphatic rings. The average molecular weight is 785 g/mol. The normalized spacial score (nSPS) is 12.2. The van der Waals surface area contributed by atoms with Crippen LogP contribution in [0.3, 0.4) is 0 Å². The summed E-state index contributed by atoms with van der Waals surface area (Å²) in [6.07, 6.45) is 0. The lowest BCUT2D eigenvalue weighted by Gasteiger charge is -2.17. The predicted molar refractivity (Wildman–Crippen MR) is 263 cm³/mol. The van der Waals surface area contributed by atoms with Gasteiger partial charge in [0.1, 0.15) is 0 Å². The van der Waals surface area contributed by atoms with Gasteiger partial charge in [0.2, 0.25) is 0 Å². The Bertz CT molecular complexity index is 4000. The molecule has 0 spiro atoms. The molecule has 0 saturated carbocycles. The highest BCUT2D eigenvalue weighted by Gasteiger charge is 2.24. The van der Waals surface area contributed by atoms with Crippen molar-refractivity contribution in [1.29, 1.82) is 0 Å². The Hall–Kier alpha value is -8.20. The number of fused-ring (bicyclic) bond motifs is 12. The van der Waals surface area contributed by atoms with Gasteiger partial charge in [-0.05, 0) is 102 Å². The van der Waals surface area contributed by atoms with Crippen molar-refractivity contribution >= 4 is 75.9 Å². The molecule has 2 aromatic heterocycles. The van der Waals surface area contributed by atoms with Gasteiger partial charge >= 0.3 is 0 Å². The maximum atomic E-state index is 2.50. The van der Waals surface area contributed by atoms with Crippen LogP contribution in [0.25, 0.3) is 132 Å². The summed E-state index contributed by atoms with van der Waals surface area (Å²) in [5.41, 5.74) is 17.4. The molecule has 0 radical (unpaired) electrons. The first-order valence-electron chi connectivity index (χ1n) is 21.5. The number of para-hydroxylation sites is 2. The van der Waals surface area contributed by atoms with Crippen molar-refractivity contribution in [2.45, 2.75) is 0 Å². The SMILES string of the molecule is c1ccc(-n2c3cc(-c4ccc5c6ccccc6n(-c6ccc(-c7ccc8c9c(cccc79)-c7ccccc7-8)c7ccccc67)c5c4)ccc3c3ccc4ccccc4c32)cc1. The molecule has 0 saturated heterocycles. The second kappa shape index (κ2) is 12.7. The highest BCUT2D eigenvalue weighted by molar-refractivity contribution is 6.22. The first-order valence-corrected chi connectivity index (χ1v) is 21.5. The minimum absolute atomic E-state index is 1.16. The van der Waals surface area contributed by atoms with Crippen LogP contribution in [0.15, 0.2) is 218 Å². The van der Waals surface area contributed by atoms with Gasteiger partial charge in [-0.3, -0.25) is 0 Å². The molecular weight excluding hydrogens is 749 g/mol. The van der Waals surface area contributed by atoms with Crippen LogP contribution in [-0.4, -0.2) is 9.13 Å². The summed E-state index contributed by atoms with van der Waals surface area (Å²) in [4.78, 5) is 0. The molecule has 14 rings (SSSR count). The molecule has 0 amide bonds. The van der Waals surface area contributed by atoms with Crippen LogP contribution in [0.2, 0.25) is 0 Å². The third kappa shape index (κ3) is 4.58. The van der Waals surface area contributed by atoms with Crippen molar-refractivity contribution in [1.82, 2.24) is 9.13 Å². The Balaban J connectivity index is 0.983. The minimum atomic E-state index is 1.16. The molecular formula is C60H36N2. The molecule has 2 heterocycles. The van der Waals surface area contributed by atoms with E-state index in [1.165, 1.54) is 126 Å². The van der Waals surface area contributed by atoms with Crippen molar-refractivity contribution < 1.29 is 0 Å². The third-order valence-corrected chi connectivity index (χ3v) is 13.7. The van der Waals surface area contributed by atoms with E-state index < -0.39 is 0 Å². The van der Waals surface area contributed by atoms with E-state index in [1.807, 2.05) is 0 Å². The third-order valence-electron chi connectivity index (χ3n) is 13.7. The Morgan fingerprint density at radius 3 is 1.60 bits per heavy atom. The van der Waals surface area contributed by atoms with Crippen LogP contribution in [0.1, 0.15) is 0 Å². The topological polar surface area (TPSA) is 9.86 Å². The van der Waals surface area contributed by atoms with Gasteiger partial charge in [-0.2, -0.15) is 0 Å². The lowest BCUT2D eigenvalue weighted by atomic mass is 9.91. The van der Waals surface area contributed by atoms with Crippen molar-refractivity contribution in [3.63, 3.8) is 0 Å². The van der Waals surface area contributed by atoms with E-state index in [0.717, 1.165) is 5.69 Å². The molecule has 2 heteroatoms.